The number of fused-ring (bicyclic) bond motifs is 2. The molecular weight excluding hydrogens is 396 g/mol. The number of nitrogens with zero attached hydrogens (tertiary/aromatic N) is 2. The molecule has 2 aliphatic heterocycles. The number of hydrogen-bond acceptors (Lipinski definition) is 4. The van der Waals surface area contributed by atoms with Gasteiger partial charge in [0.25, 0.3) is 0 Å². The summed E-state index contributed by atoms with van der Waals surface area (Å²) in [4.78, 5) is 9.67. The van der Waals surface area contributed by atoms with Gasteiger partial charge < -0.3 is 9.47 Å². The van der Waals surface area contributed by atoms with E-state index < -0.39 is 0 Å². The topological polar surface area (TPSA) is 43.2 Å². The molecule has 0 amide bonds. The van der Waals surface area contributed by atoms with Crippen molar-refractivity contribution in [3.63, 3.8) is 0 Å². The first-order chi connectivity index (χ1) is 15.8. The summed E-state index contributed by atoms with van der Waals surface area (Å²) in [7, 11) is 0. The maximum absolute atomic E-state index is 5.92. The van der Waals surface area contributed by atoms with Crippen LogP contribution in [-0.4, -0.2) is 37.1 Å². The molecule has 4 heteroatoms. The molecule has 32 heavy (non-hydrogen) atoms. The van der Waals surface area contributed by atoms with Crippen LogP contribution in [0.4, 0.5) is 0 Å². The molecule has 0 radical (unpaired) electrons. The predicted molar refractivity (Wildman–Crippen MR) is 130 cm³/mol. The van der Waals surface area contributed by atoms with Crippen LogP contribution in [0.3, 0.4) is 0 Å². The number of rotatable bonds is 5. The van der Waals surface area contributed by atoms with Crippen LogP contribution in [-0.2, 0) is 22.3 Å². The zero-order valence-corrected chi connectivity index (χ0v) is 17.8. The third kappa shape index (κ3) is 3.84. The van der Waals surface area contributed by atoms with Crippen molar-refractivity contribution in [2.45, 2.75) is 24.9 Å². The Morgan fingerprint density at radius 1 is 0.562 bits per heavy atom. The Bertz CT molecular complexity index is 1250. The average Bonchev–Trinajstić information content (AvgIpc) is 3.48. The van der Waals surface area contributed by atoms with E-state index in [0.717, 1.165) is 11.8 Å². The van der Waals surface area contributed by atoms with Gasteiger partial charge in [-0.05, 0) is 32.7 Å². The summed E-state index contributed by atoms with van der Waals surface area (Å²) in [5, 5.41) is 4.99. The zero-order valence-electron chi connectivity index (χ0n) is 17.8. The third-order valence-corrected chi connectivity index (χ3v) is 6.24. The molecule has 2 heterocycles. The highest BCUT2D eigenvalue weighted by Crippen LogP contribution is 2.22. The van der Waals surface area contributed by atoms with Crippen LogP contribution >= 0.6 is 0 Å². The zero-order chi connectivity index (χ0) is 21.3. The van der Waals surface area contributed by atoms with Gasteiger partial charge in [-0.1, -0.05) is 84.9 Å². The first-order valence-corrected chi connectivity index (χ1v) is 11.1. The summed E-state index contributed by atoms with van der Waals surface area (Å²) < 4.78 is 11.8. The molecule has 0 saturated carbocycles. The number of hydrogen-bond donors (Lipinski definition) is 0. The highest BCUT2D eigenvalue weighted by molar-refractivity contribution is 5.87. The second-order valence-electron chi connectivity index (χ2n) is 8.52. The van der Waals surface area contributed by atoms with Gasteiger partial charge in [0.1, 0.15) is 25.3 Å². The molecule has 6 rings (SSSR count). The quantitative estimate of drug-likeness (QED) is 0.435. The molecule has 0 fully saturated rings. The Kier molecular flexibility index (Phi) is 4.83. The Hall–Kier alpha value is -3.66. The molecule has 0 spiro atoms. The van der Waals surface area contributed by atoms with Crippen molar-refractivity contribution >= 4 is 33.3 Å². The number of aliphatic imine (C=N–C) groups is 2. The fraction of sp³-hybridized carbons (Fsp3) is 0.214. The van der Waals surface area contributed by atoms with E-state index in [-0.39, 0.29) is 12.1 Å². The van der Waals surface area contributed by atoms with E-state index in [1.165, 1.54) is 32.7 Å². The van der Waals surface area contributed by atoms with Crippen molar-refractivity contribution < 1.29 is 9.47 Å². The minimum atomic E-state index is 0.0274. The fourth-order valence-corrected chi connectivity index (χ4v) is 4.52. The predicted octanol–water partition coefficient (Wildman–Crippen LogP) is 5.37. The Balaban J connectivity index is 1.13. The van der Waals surface area contributed by atoms with Gasteiger partial charge in [-0.2, -0.15) is 0 Å². The van der Waals surface area contributed by atoms with Gasteiger partial charge in [0, 0.05) is 12.8 Å². The van der Waals surface area contributed by atoms with Gasteiger partial charge in [0.15, 0.2) is 11.8 Å². The molecule has 0 bridgehead atoms. The minimum Gasteiger partial charge on any atom is -0.478 e. The van der Waals surface area contributed by atoms with E-state index in [1.54, 1.807) is 0 Å². The Morgan fingerprint density at radius 3 is 1.47 bits per heavy atom. The molecule has 0 aliphatic carbocycles. The monoisotopic (exact) mass is 420 g/mol. The lowest BCUT2D eigenvalue weighted by Crippen LogP contribution is -2.25. The van der Waals surface area contributed by atoms with Gasteiger partial charge in [-0.25, -0.2) is 9.98 Å². The van der Waals surface area contributed by atoms with Crippen LogP contribution < -0.4 is 0 Å². The first kappa shape index (κ1) is 19.1. The second kappa shape index (κ2) is 8.12. The molecule has 4 aromatic rings. The number of ether oxygens (including phenoxy) is 2. The summed E-state index contributed by atoms with van der Waals surface area (Å²) in [6.07, 6.45) is 1.42. The molecule has 0 saturated heterocycles. The molecule has 4 aromatic carbocycles. The average molecular weight is 421 g/mol. The van der Waals surface area contributed by atoms with Gasteiger partial charge in [0.05, 0.1) is 0 Å². The van der Waals surface area contributed by atoms with Crippen LogP contribution in [0.5, 0.6) is 0 Å². The second-order valence-corrected chi connectivity index (χ2v) is 8.52. The number of benzene rings is 4. The maximum Gasteiger partial charge on any atom is 0.188 e. The van der Waals surface area contributed by atoms with Gasteiger partial charge in [-0.3, -0.25) is 0 Å². The van der Waals surface area contributed by atoms with E-state index in [2.05, 4.69) is 84.9 Å². The molecule has 2 aliphatic rings. The maximum atomic E-state index is 5.92. The van der Waals surface area contributed by atoms with Crippen molar-refractivity contribution in [3.8, 4) is 0 Å². The van der Waals surface area contributed by atoms with Crippen LogP contribution in [0.1, 0.15) is 11.1 Å². The molecule has 4 nitrogen and oxygen atoms in total. The highest BCUT2D eigenvalue weighted by Gasteiger charge is 2.32. The fourth-order valence-electron chi connectivity index (χ4n) is 4.52. The largest absolute Gasteiger partial charge is 0.478 e. The van der Waals surface area contributed by atoms with Crippen LogP contribution in [0, 0.1) is 0 Å². The molecule has 2 atom stereocenters. The van der Waals surface area contributed by atoms with E-state index in [4.69, 9.17) is 19.5 Å². The summed E-state index contributed by atoms with van der Waals surface area (Å²) in [5.74, 6) is 1.59. The van der Waals surface area contributed by atoms with Gasteiger partial charge in [0.2, 0.25) is 0 Å². The normalized spacial score (nSPS) is 20.1. The lowest BCUT2D eigenvalue weighted by molar-refractivity contribution is 0.259. The molecular formula is C28H24N2O2. The van der Waals surface area contributed by atoms with Crippen LogP contribution in [0.2, 0.25) is 0 Å². The smallest absolute Gasteiger partial charge is 0.188 e. The third-order valence-electron chi connectivity index (χ3n) is 6.24. The SMILES string of the molecule is c1ccc2cc(CC3=N[C@@H]([C@H]4COC(Cc5ccc6ccccc6c5)=N4)CO3)ccc2c1. The molecule has 0 unspecified atom stereocenters. The molecule has 0 N–H and O–H groups in total. The van der Waals surface area contributed by atoms with Gasteiger partial charge >= 0.3 is 0 Å². The van der Waals surface area contributed by atoms with Crippen molar-refractivity contribution in [3.05, 3.63) is 96.1 Å². The lowest BCUT2D eigenvalue weighted by atomic mass is 10.1. The van der Waals surface area contributed by atoms with E-state index in [0.29, 0.717) is 26.1 Å². The van der Waals surface area contributed by atoms with E-state index >= 15 is 0 Å². The summed E-state index contributed by atoms with van der Waals surface area (Å²) >= 11 is 0. The van der Waals surface area contributed by atoms with Crippen LogP contribution in [0.15, 0.2) is 94.9 Å². The Morgan fingerprint density at radius 2 is 1.00 bits per heavy atom. The minimum absolute atomic E-state index is 0.0274. The Labute approximate surface area is 187 Å². The van der Waals surface area contributed by atoms with E-state index in [1.807, 2.05) is 0 Å². The first-order valence-electron chi connectivity index (χ1n) is 11.1. The van der Waals surface area contributed by atoms with Gasteiger partial charge in [-0.15, -0.1) is 0 Å². The summed E-state index contributed by atoms with van der Waals surface area (Å²) in [6.45, 7) is 1.15. The highest BCUT2D eigenvalue weighted by atomic mass is 16.5. The molecule has 0 aromatic heterocycles. The van der Waals surface area contributed by atoms with Crippen molar-refractivity contribution in [1.29, 1.82) is 0 Å². The lowest BCUT2D eigenvalue weighted by Gasteiger charge is -2.07. The van der Waals surface area contributed by atoms with Crippen molar-refractivity contribution in [1.82, 2.24) is 0 Å². The molecule has 158 valence electrons. The van der Waals surface area contributed by atoms with E-state index in [9.17, 15) is 0 Å². The summed E-state index contributed by atoms with van der Waals surface area (Å²) in [5.41, 5.74) is 2.43. The van der Waals surface area contributed by atoms with Crippen molar-refractivity contribution in [2.75, 3.05) is 13.2 Å². The standard InChI is InChI=1S/C28H24N2O2/c1-3-7-23-13-19(9-11-21(23)5-1)15-27-29-25(17-31-27)26-18-32-28(30-26)16-20-10-12-22-6-2-4-8-24(22)14-20/h1-14,25-26H,15-18H2/t25-,26-/m1/s1. The summed E-state index contributed by atoms with van der Waals surface area (Å²) in [6, 6.07) is 29.9. The van der Waals surface area contributed by atoms with Crippen molar-refractivity contribution in [2.24, 2.45) is 9.98 Å². The van der Waals surface area contributed by atoms with Crippen LogP contribution in [0.25, 0.3) is 21.5 Å².